The van der Waals surface area contributed by atoms with Crippen LogP contribution in [0.4, 0.5) is 0 Å². The molecule has 0 bridgehead atoms. The number of carbonyl (C=O) groups is 3. The molecule has 0 radical (unpaired) electrons. The van der Waals surface area contributed by atoms with Gasteiger partial charge in [0.2, 0.25) is 0 Å². The van der Waals surface area contributed by atoms with Gasteiger partial charge in [-0.15, -0.1) is 0 Å². The van der Waals surface area contributed by atoms with Crippen LogP contribution in [-0.2, 0) is 28.6 Å². The van der Waals surface area contributed by atoms with Crippen LogP contribution in [0.3, 0.4) is 0 Å². The fourth-order valence-corrected chi connectivity index (χ4v) is 8.85. The second-order valence-corrected chi connectivity index (χ2v) is 20.9. The first kappa shape index (κ1) is 71.3. The highest BCUT2D eigenvalue weighted by atomic mass is 16.6. The molecule has 75 heavy (non-hydrogen) atoms. The molecule has 0 aromatic carbocycles. The fourth-order valence-electron chi connectivity index (χ4n) is 8.85. The van der Waals surface area contributed by atoms with Crippen LogP contribution in [0.2, 0.25) is 0 Å². The van der Waals surface area contributed by atoms with Gasteiger partial charge in [0.25, 0.3) is 0 Å². The van der Waals surface area contributed by atoms with Gasteiger partial charge in [-0.25, -0.2) is 0 Å². The quantitative estimate of drug-likeness (QED) is 0.0261. The van der Waals surface area contributed by atoms with E-state index in [2.05, 4.69) is 112 Å². The lowest BCUT2D eigenvalue weighted by Crippen LogP contribution is -2.30. The van der Waals surface area contributed by atoms with Crippen LogP contribution in [-0.4, -0.2) is 37.2 Å². The SMILES string of the molecule is CC/C=C\C/C=C\C/C=C\C/C=C\C/C=C\C/C=C\CCC(=O)OC[C@@H](COC(=O)CCCCCCCCCCCCCCCCCCCCC)OC(=O)CCCCCCCCCCC/C=C\C/C=C\CCCCC. The molecule has 1 atom stereocenters. The Morgan fingerprint density at radius 1 is 0.280 bits per heavy atom. The van der Waals surface area contributed by atoms with Gasteiger partial charge in [-0.1, -0.05) is 291 Å². The normalized spacial score (nSPS) is 12.7. The molecule has 0 rings (SSSR count). The van der Waals surface area contributed by atoms with E-state index in [1.54, 1.807) is 0 Å². The highest BCUT2D eigenvalue weighted by Crippen LogP contribution is 2.17. The van der Waals surface area contributed by atoms with Gasteiger partial charge in [0.1, 0.15) is 13.2 Å². The average molecular weight is 1040 g/mol. The first-order chi connectivity index (χ1) is 37.0. The first-order valence-corrected chi connectivity index (χ1v) is 31.7. The van der Waals surface area contributed by atoms with Gasteiger partial charge in [0.05, 0.1) is 0 Å². The van der Waals surface area contributed by atoms with Crippen LogP contribution in [0, 0.1) is 0 Å². The van der Waals surface area contributed by atoms with E-state index < -0.39 is 6.10 Å². The molecule has 0 aliphatic rings. The Labute approximate surface area is 464 Å². The number of ether oxygens (including phenoxy) is 3. The minimum absolute atomic E-state index is 0.100. The van der Waals surface area contributed by atoms with Crippen LogP contribution in [0.5, 0.6) is 0 Å². The molecule has 0 spiro atoms. The number of hydrogen-bond donors (Lipinski definition) is 0. The third kappa shape index (κ3) is 61.1. The third-order valence-electron chi connectivity index (χ3n) is 13.6. The third-order valence-corrected chi connectivity index (χ3v) is 13.6. The molecular formula is C69H118O6. The minimum Gasteiger partial charge on any atom is -0.462 e. The van der Waals surface area contributed by atoms with Gasteiger partial charge in [0.15, 0.2) is 6.10 Å². The summed E-state index contributed by atoms with van der Waals surface area (Å²) >= 11 is 0. The van der Waals surface area contributed by atoms with Crippen LogP contribution >= 0.6 is 0 Å². The molecular weight excluding hydrogens is 925 g/mol. The van der Waals surface area contributed by atoms with Crippen molar-refractivity contribution < 1.29 is 28.6 Å². The number of carbonyl (C=O) groups excluding carboxylic acids is 3. The summed E-state index contributed by atoms with van der Waals surface area (Å²) < 4.78 is 16.9. The monoisotopic (exact) mass is 1040 g/mol. The number of esters is 3. The summed E-state index contributed by atoms with van der Waals surface area (Å²) in [6, 6.07) is 0. The molecule has 0 aliphatic heterocycles. The van der Waals surface area contributed by atoms with E-state index in [4.69, 9.17) is 14.2 Å². The molecule has 6 nitrogen and oxygen atoms in total. The molecule has 0 heterocycles. The maximum absolute atomic E-state index is 12.9. The lowest BCUT2D eigenvalue weighted by molar-refractivity contribution is -0.166. The van der Waals surface area contributed by atoms with Crippen LogP contribution in [0.15, 0.2) is 97.2 Å². The summed E-state index contributed by atoms with van der Waals surface area (Å²) in [5.74, 6) is -0.981. The molecule has 0 N–H and O–H groups in total. The van der Waals surface area contributed by atoms with Crippen molar-refractivity contribution in [3.63, 3.8) is 0 Å². The van der Waals surface area contributed by atoms with Crippen molar-refractivity contribution in [2.24, 2.45) is 0 Å². The zero-order chi connectivity index (χ0) is 54.3. The van der Waals surface area contributed by atoms with Crippen molar-refractivity contribution in [1.29, 1.82) is 0 Å². The number of rotatable bonds is 57. The van der Waals surface area contributed by atoms with Gasteiger partial charge >= 0.3 is 17.9 Å². The van der Waals surface area contributed by atoms with Crippen molar-refractivity contribution >= 4 is 17.9 Å². The Kier molecular flexibility index (Phi) is 59.8. The number of unbranched alkanes of at least 4 members (excludes halogenated alkanes) is 30. The molecule has 0 aliphatic carbocycles. The number of allylic oxidation sites excluding steroid dienone is 16. The smallest absolute Gasteiger partial charge is 0.306 e. The summed E-state index contributed by atoms with van der Waals surface area (Å²) in [7, 11) is 0. The van der Waals surface area contributed by atoms with Crippen molar-refractivity contribution in [3.8, 4) is 0 Å². The molecule has 6 heteroatoms. The van der Waals surface area contributed by atoms with E-state index >= 15 is 0 Å². The van der Waals surface area contributed by atoms with E-state index in [0.29, 0.717) is 19.3 Å². The molecule has 0 fully saturated rings. The highest BCUT2D eigenvalue weighted by molar-refractivity contribution is 5.71. The zero-order valence-corrected chi connectivity index (χ0v) is 49.3. The Morgan fingerprint density at radius 2 is 0.547 bits per heavy atom. The Hall–Kier alpha value is -3.67. The molecule has 0 aromatic rings. The van der Waals surface area contributed by atoms with E-state index in [-0.39, 0.29) is 37.5 Å². The standard InChI is InChI=1S/C69H118O6/c1-4-7-10-13-16-19-22-25-28-31-34-37-40-43-46-49-52-55-58-61-67(70)73-64-66(75-69(72)63-60-57-54-51-48-45-42-39-36-33-30-27-24-21-18-15-12-9-6-3)65-74-68(71)62-59-56-53-50-47-44-41-38-35-32-29-26-23-20-17-14-11-8-5-2/h7,10,16,18-19,21,25,27-28,30,34,37,43,46,52,55,66H,4-6,8-9,11-15,17,20,22-24,26,29,31-33,35-36,38-42,44-45,47-51,53-54,56-65H2,1-3H3/b10-7-,19-16-,21-18-,28-25-,30-27-,37-34-,46-43-,55-52-/t66-/m0/s1. The van der Waals surface area contributed by atoms with Crippen molar-refractivity contribution in [3.05, 3.63) is 97.2 Å². The molecule has 0 aromatic heterocycles. The predicted molar refractivity (Wildman–Crippen MR) is 325 cm³/mol. The molecule has 0 saturated carbocycles. The van der Waals surface area contributed by atoms with Gasteiger partial charge in [-0.3, -0.25) is 14.4 Å². The summed E-state index contributed by atoms with van der Waals surface area (Å²) in [6.45, 7) is 6.47. The zero-order valence-electron chi connectivity index (χ0n) is 49.3. The average Bonchev–Trinajstić information content (AvgIpc) is 3.41. The maximum Gasteiger partial charge on any atom is 0.306 e. The first-order valence-electron chi connectivity index (χ1n) is 31.7. The van der Waals surface area contributed by atoms with E-state index in [9.17, 15) is 14.4 Å². The Bertz CT molecular complexity index is 1480. The lowest BCUT2D eigenvalue weighted by atomic mass is 10.0. The van der Waals surface area contributed by atoms with Crippen molar-refractivity contribution in [1.82, 2.24) is 0 Å². The van der Waals surface area contributed by atoms with E-state index in [0.717, 1.165) is 83.5 Å². The highest BCUT2D eigenvalue weighted by Gasteiger charge is 2.19. The van der Waals surface area contributed by atoms with Gasteiger partial charge in [-0.05, 0) is 89.9 Å². The van der Waals surface area contributed by atoms with Crippen molar-refractivity contribution in [2.75, 3.05) is 13.2 Å². The second-order valence-electron chi connectivity index (χ2n) is 20.9. The van der Waals surface area contributed by atoms with Crippen LogP contribution < -0.4 is 0 Å². The minimum atomic E-state index is -0.811. The summed E-state index contributed by atoms with van der Waals surface area (Å²) in [5, 5.41) is 0. The Balaban J connectivity index is 4.47. The summed E-state index contributed by atoms with van der Waals surface area (Å²) in [6.07, 6.45) is 84.2. The summed E-state index contributed by atoms with van der Waals surface area (Å²) in [5.41, 5.74) is 0. The van der Waals surface area contributed by atoms with Crippen LogP contribution in [0.1, 0.15) is 303 Å². The van der Waals surface area contributed by atoms with Gasteiger partial charge in [0, 0.05) is 19.3 Å². The fraction of sp³-hybridized carbons (Fsp3) is 0.725. The van der Waals surface area contributed by atoms with E-state index in [1.807, 2.05) is 6.08 Å². The topological polar surface area (TPSA) is 78.9 Å². The van der Waals surface area contributed by atoms with E-state index in [1.165, 1.54) is 173 Å². The second kappa shape index (κ2) is 62.9. The lowest BCUT2D eigenvalue weighted by Gasteiger charge is -2.18. The Morgan fingerprint density at radius 3 is 0.920 bits per heavy atom. The number of hydrogen-bond acceptors (Lipinski definition) is 6. The molecule has 0 unspecified atom stereocenters. The molecule has 0 amide bonds. The van der Waals surface area contributed by atoms with Crippen LogP contribution in [0.25, 0.3) is 0 Å². The van der Waals surface area contributed by atoms with Gasteiger partial charge in [-0.2, -0.15) is 0 Å². The van der Waals surface area contributed by atoms with Gasteiger partial charge < -0.3 is 14.2 Å². The predicted octanol–water partition coefficient (Wildman–Crippen LogP) is 21.7. The summed E-state index contributed by atoms with van der Waals surface area (Å²) in [4.78, 5) is 38.3. The molecule has 0 saturated heterocycles. The molecule has 430 valence electrons. The maximum atomic E-state index is 12.9. The largest absolute Gasteiger partial charge is 0.462 e. The van der Waals surface area contributed by atoms with Crippen molar-refractivity contribution in [2.45, 2.75) is 309 Å².